The molecular weight excluding hydrogens is 270 g/mol. The molecule has 6 nitrogen and oxygen atoms in total. The summed E-state index contributed by atoms with van der Waals surface area (Å²) in [6.07, 6.45) is 2.12. The molecule has 0 aliphatic carbocycles. The molecule has 2 rings (SSSR count). The van der Waals surface area contributed by atoms with E-state index in [2.05, 4.69) is 5.32 Å². The monoisotopic (exact) mass is 291 g/mol. The van der Waals surface area contributed by atoms with Gasteiger partial charge in [0, 0.05) is 6.54 Å². The average molecular weight is 291 g/mol. The van der Waals surface area contributed by atoms with Crippen LogP contribution < -0.4 is 15.8 Å². The van der Waals surface area contributed by atoms with Gasteiger partial charge < -0.3 is 15.8 Å². The van der Waals surface area contributed by atoms with Gasteiger partial charge in [-0.1, -0.05) is 25.5 Å². The standard InChI is InChI=1S/C15H21N3O3/c1-2-6-12-14(19)18(15(20)17-12)9-5-10-21-13-8-4-3-7-11(13)16/h3-4,7-8,12H,2,5-6,9-10,16H2,1H3,(H,17,20). The summed E-state index contributed by atoms with van der Waals surface area (Å²) in [5.74, 6) is 0.486. The fourth-order valence-electron chi connectivity index (χ4n) is 2.29. The summed E-state index contributed by atoms with van der Waals surface area (Å²) >= 11 is 0. The van der Waals surface area contributed by atoms with Crippen molar-refractivity contribution in [1.29, 1.82) is 0 Å². The summed E-state index contributed by atoms with van der Waals surface area (Å²) in [5.41, 5.74) is 6.35. The van der Waals surface area contributed by atoms with E-state index in [4.69, 9.17) is 10.5 Å². The lowest BCUT2D eigenvalue weighted by Crippen LogP contribution is -2.33. The molecule has 1 saturated heterocycles. The number of anilines is 1. The summed E-state index contributed by atoms with van der Waals surface area (Å²) in [4.78, 5) is 25.0. The summed E-state index contributed by atoms with van der Waals surface area (Å²) < 4.78 is 5.55. The van der Waals surface area contributed by atoms with E-state index in [-0.39, 0.29) is 18.0 Å². The number of nitrogen functional groups attached to an aromatic ring is 1. The fourth-order valence-corrected chi connectivity index (χ4v) is 2.29. The van der Waals surface area contributed by atoms with Gasteiger partial charge in [0.1, 0.15) is 11.8 Å². The normalized spacial score (nSPS) is 18.0. The van der Waals surface area contributed by atoms with Crippen molar-refractivity contribution >= 4 is 17.6 Å². The van der Waals surface area contributed by atoms with Gasteiger partial charge in [0.25, 0.3) is 5.91 Å². The molecule has 1 aromatic carbocycles. The molecule has 21 heavy (non-hydrogen) atoms. The van der Waals surface area contributed by atoms with Gasteiger partial charge in [-0.05, 0) is 25.0 Å². The van der Waals surface area contributed by atoms with Crippen LogP contribution in [0.2, 0.25) is 0 Å². The smallest absolute Gasteiger partial charge is 0.324 e. The molecule has 1 atom stereocenters. The third kappa shape index (κ3) is 3.65. The van der Waals surface area contributed by atoms with Crippen molar-refractivity contribution in [3.05, 3.63) is 24.3 Å². The predicted molar refractivity (Wildman–Crippen MR) is 79.9 cm³/mol. The first kappa shape index (κ1) is 15.2. The highest BCUT2D eigenvalue weighted by Gasteiger charge is 2.36. The third-order valence-corrected chi connectivity index (χ3v) is 3.39. The SMILES string of the molecule is CCCC1NC(=O)N(CCCOc2ccccc2N)C1=O. The Morgan fingerprint density at radius 3 is 2.81 bits per heavy atom. The van der Waals surface area contributed by atoms with Gasteiger partial charge in [-0.25, -0.2) is 4.79 Å². The van der Waals surface area contributed by atoms with E-state index < -0.39 is 0 Å². The number of amides is 3. The predicted octanol–water partition coefficient (Wildman–Crippen LogP) is 1.76. The van der Waals surface area contributed by atoms with Crippen LogP contribution in [0.3, 0.4) is 0 Å². The van der Waals surface area contributed by atoms with Crippen LogP contribution in [0.15, 0.2) is 24.3 Å². The minimum Gasteiger partial charge on any atom is -0.491 e. The van der Waals surface area contributed by atoms with Crippen molar-refractivity contribution in [2.24, 2.45) is 0 Å². The molecule has 1 fully saturated rings. The first-order valence-electron chi connectivity index (χ1n) is 7.22. The van der Waals surface area contributed by atoms with Crippen LogP contribution in [0.5, 0.6) is 5.75 Å². The molecule has 0 spiro atoms. The molecule has 114 valence electrons. The Kier molecular flexibility index (Phi) is 5.03. The van der Waals surface area contributed by atoms with Crippen molar-refractivity contribution in [2.45, 2.75) is 32.2 Å². The maximum Gasteiger partial charge on any atom is 0.324 e. The van der Waals surface area contributed by atoms with Crippen LogP contribution in [-0.2, 0) is 4.79 Å². The first-order chi connectivity index (χ1) is 10.1. The number of para-hydroxylation sites is 2. The maximum absolute atomic E-state index is 12.0. The lowest BCUT2D eigenvalue weighted by atomic mass is 10.2. The zero-order valence-electron chi connectivity index (χ0n) is 12.2. The second kappa shape index (κ2) is 6.97. The highest BCUT2D eigenvalue weighted by atomic mass is 16.5. The quantitative estimate of drug-likeness (QED) is 0.455. The second-order valence-electron chi connectivity index (χ2n) is 5.02. The van der Waals surface area contributed by atoms with Gasteiger partial charge >= 0.3 is 6.03 Å². The van der Waals surface area contributed by atoms with E-state index in [9.17, 15) is 9.59 Å². The number of nitrogens with one attached hydrogen (secondary N) is 1. The number of carbonyl (C=O) groups is 2. The number of benzene rings is 1. The van der Waals surface area contributed by atoms with Crippen molar-refractivity contribution in [1.82, 2.24) is 10.2 Å². The molecule has 0 radical (unpaired) electrons. The summed E-state index contributed by atoms with van der Waals surface area (Å²) in [5, 5.41) is 2.70. The van der Waals surface area contributed by atoms with E-state index in [1.165, 1.54) is 4.90 Å². The fraction of sp³-hybridized carbons (Fsp3) is 0.467. The van der Waals surface area contributed by atoms with Crippen LogP contribution in [0, 0.1) is 0 Å². The van der Waals surface area contributed by atoms with Crippen molar-refractivity contribution in [3.8, 4) is 5.75 Å². The average Bonchev–Trinajstić information content (AvgIpc) is 2.73. The second-order valence-corrected chi connectivity index (χ2v) is 5.02. The number of hydrogen-bond donors (Lipinski definition) is 2. The van der Waals surface area contributed by atoms with E-state index in [1.807, 2.05) is 19.1 Å². The Morgan fingerprint density at radius 2 is 2.10 bits per heavy atom. The molecule has 0 aromatic heterocycles. The van der Waals surface area contributed by atoms with Crippen molar-refractivity contribution in [3.63, 3.8) is 0 Å². The Balaban J connectivity index is 1.77. The number of nitrogens with zero attached hydrogens (tertiary/aromatic N) is 1. The molecule has 3 amide bonds. The minimum atomic E-state index is -0.367. The van der Waals surface area contributed by atoms with Gasteiger partial charge in [-0.3, -0.25) is 9.69 Å². The zero-order chi connectivity index (χ0) is 15.2. The Morgan fingerprint density at radius 1 is 1.33 bits per heavy atom. The van der Waals surface area contributed by atoms with E-state index >= 15 is 0 Å². The number of hydrogen-bond acceptors (Lipinski definition) is 4. The largest absolute Gasteiger partial charge is 0.491 e. The number of imide groups is 1. The van der Waals surface area contributed by atoms with Crippen molar-refractivity contribution < 1.29 is 14.3 Å². The molecular formula is C15H21N3O3. The maximum atomic E-state index is 12.0. The van der Waals surface area contributed by atoms with Crippen LogP contribution in [0.1, 0.15) is 26.2 Å². The highest BCUT2D eigenvalue weighted by molar-refractivity contribution is 6.04. The zero-order valence-corrected chi connectivity index (χ0v) is 12.2. The lowest BCUT2D eigenvalue weighted by molar-refractivity contribution is -0.127. The van der Waals surface area contributed by atoms with Gasteiger partial charge in [0.05, 0.1) is 12.3 Å². The molecule has 6 heteroatoms. The van der Waals surface area contributed by atoms with Crippen LogP contribution >= 0.6 is 0 Å². The molecule has 1 aliphatic rings. The molecule has 1 aromatic rings. The van der Waals surface area contributed by atoms with E-state index in [0.29, 0.717) is 37.4 Å². The van der Waals surface area contributed by atoms with Gasteiger partial charge in [0.15, 0.2) is 0 Å². The van der Waals surface area contributed by atoms with E-state index in [0.717, 1.165) is 6.42 Å². The number of nitrogens with two attached hydrogens (primary N) is 1. The first-order valence-corrected chi connectivity index (χ1v) is 7.22. The van der Waals surface area contributed by atoms with Gasteiger partial charge in [-0.2, -0.15) is 0 Å². The van der Waals surface area contributed by atoms with Crippen LogP contribution in [0.25, 0.3) is 0 Å². The topological polar surface area (TPSA) is 84.7 Å². The van der Waals surface area contributed by atoms with E-state index in [1.54, 1.807) is 12.1 Å². The van der Waals surface area contributed by atoms with Crippen molar-refractivity contribution in [2.75, 3.05) is 18.9 Å². The molecule has 0 bridgehead atoms. The minimum absolute atomic E-state index is 0.138. The Hall–Kier alpha value is -2.24. The van der Waals surface area contributed by atoms with Crippen LogP contribution in [0.4, 0.5) is 10.5 Å². The number of carbonyl (C=O) groups excluding carboxylic acids is 2. The molecule has 1 unspecified atom stereocenters. The number of urea groups is 1. The lowest BCUT2D eigenvalue weighted by Gasteiger charge is -2.13. The number of rotatable bonds is 7. The summed E-state index contributed by atoms with van der Waals surface area (Å²) in [7, 11) is 0. The van der Waals surface area contributed by atoms with Crippen LogP contribution in [-0.4, -0.2) is 36.0 Å². The van der Waals surface area contributed by atoms with Gasteiger partial charge in [0.2, 0.25) is 0 Å². The number of ether oxygens (including phenoxy) is 1. The highest BCUT2D eigenvalue weighted by Crippen LogP contribution is 2.20. The molecule has 0 saturated carbocycles. The Bertz CT molecular complexity index is 519. The molecule has 1 heterocycles. The molecule has 1 aliphatic heterocycles. The Labute approximate surface area is 124 Å². The third-order valence-electron chi connectivity index (χ3n) is 3.39. The summed E-state index contributed by atoms with van der Waals surface area (Å²) in [6, 6.07) is 6.57. The van der Waals surface area contributed by atoms with Gasteiger partial charge in [-0.15, -0.1) is 0 Å². The summed E-state index contributed by atoms with van der Waals surface area (Å²) in [6.45, 7) is 2.75. The molecule has 3 N–H and O–H groups in total.